The topological polar surface area (TPSA) is 136 Å². The second-order valence-electron chi connectivity index (χ2n) is 12.0. The van der Waals surface area contributed by atoms with Crippen molar-refractivity contribution in [3.05, 3.63) is 69.3 Å². The standard InChI is InChI=1S/C33H39Cl2N5O4/c1-5-20(4)28(39-32(43)44-18-21-9-7-6-8-10-21)30(41)40-33(31(42)37-23(17-36)13-19(2)3)12-11-27-25(16-33)24-14-22(34)15-26(35)29(24)38-27/h6-10,14-15,19-20,23,28,38H,5,11-13,16,18H2,1-4H3,(H,37,42)(H,39,43)(H,40,41)/t20-,23-,28?,33+/m0/s1. The summed E-state index contributed by atoms with van der Waals surface area (Å²) in [5.74, 6) is -1.07. The molecule has 0 fully saturated rings. The normalized spacial score (nSPS) is 18.0. The van der Waals surface area contributed by atoms with Crippen LogP contribution in [0.15, 0.2) is 42.5 Å². The number of hydrogen-bond donors (Lipinski definition) is 4. The number of carbonyl (C=O) groups is 3. The molecule has 234 valence electrons. The van der Waals surface area contributed by atoms with Crippen molar-refractivity contribution in [2.75, 3.05) is 0 Å². The van der Waals surface area contributed by atoms with Crippen molar-refractivity contribution in [3.63, 3.8) is 0 Å². The van der Waals surface area contributed by atoms with Gasteiger partial charge in [-0.15, -0.1) is 0 Å². The van der Waals surface area contributed by atoms with Crippen LogP contribution >= 0.6 is 23.2 Å². The highest BCUT2D eigenvalue weighted by atomic mass is 35.5. The van der Waals surface area contributed by atoms with Crippen molar-refractivity contribution in [1.29, 1.82) is 5.26 Å². The van der Waals surface area contributed by atoms with Crippen molar-refractivity contribution in [2.45, 2.75) is 84.0 Å². The van der Waals surface area contributed by atoms with Gasteiger partial charge in [0.2, 0.25) is 11.8 Å². The van der Waals surface area contributed by atoms with E-state index < -0.39 is 35.5 Å². The first kappa shape index (κ1) is 33.2. The highest BCUT2D eigenvalue weighted by molar-refractivity contribution is 6.38. The fraction of sp³-hybridized carbons (Fsp3) is 0.455. The number of nitrogens with one attached hydrogen (secondary N) is 4. The Hall–Kier alpha value is -3.74. The summed E-state index contributed by atoms with van der Waals surface area (Å²) >= 11 is 12.8. The number of nitriles is 1. The van der Waals surface area contributed by atoms with E-state index in [-0.39, 0.29) is 31.3 Å². The number of benzene rings is 2. The van der Waals surface area contributed by atoms with Crippen LogP contribution in [0.5, 0.6) is 0 Å². The Morgan fingerprint density at radius 3 is 2.50 bits per heavy atom. The van der Waals surface area contributed by atoms with Gasteiger partial charge in [-0.1, -0.05) is 87.6 Å². The first-order chi connectivity index (χ1) is 21.0. The molecule has 0 bridgehead atoms. The first-order valence-corrected chi connectivity index (χ1v) is 15.7. The number of fused-ring (bicyclic) bond motifs is 3. The molecule has 0 saturated heterocycles. The molecule has 4 rings (SSSR count). The van der Waals surface area contributed by atoms with Crippen molar-refractivity contribution in [2.24, 2.45) is 11.8 Å². The van der Waals surface area contributed by atoms with Gasteiger partial charge in [0, 0.05) is 22.5 Å². The number of hydrogen-bond acceptors (Lipinski definition) is 5. The van der Waals surface area contributed by atoms with Gasteiger partial charge in [-0.05, 0) is 54.4 Å². The Morgan fingerprint density at radius 2 is 1.84 bits per heavy atom. The fourth-order valence-corrected chi connectivity index (χ4v) is 6.19. The zero-order valence-electron chi connectivity index (χ0n) is 25.4. The monoisotopic (exact) mass is 639 g/mol. The minimum atomic E-state index is -1.40. The van der Waals surface area contributed by atoms with Crippen LogP contribution in [0.2, 0.25) is 10.0 Å². The lowest BCUT2D eigenvalue weighted by molar-refractivity contribution is -0.136. The van der Waals surface area contributed by atoms with Gasteiger partial charge in [-0.25, -0.2) is 4.79 Å². The van der Waals surface area contributed by atoms with E-state index in [1.165, 1.54) is 0 Å². The highest BCUT2D eigenvalue weighted by Gasteiger charge is 2.46. The summed E-state index contributed by atoms with van der Waals surface area (Å²) in [5, 5.41) is 20.1. The predicted molar refractivity (Wildman–Crippen MR) is 171 cm³/mol. The number of rotatable bonds is 11. The molecule has 1 aromatic heterocycles. The SMILES string of the molecule is CC[C@H](C)C(NC(=O)OCc1ccccc1)C(=O)N[C@]1(C(=O)N[C@H](C#N)CC(C)C)CCc2[nH]c3c(Cl)cc(Cl)cc3c2C1. The maximum absolute atomic E-state index is 14.1. The third-order valence-electron chi connectivity index (χ3n) is 8.25. The van der Waals surface area contributed by atoms with Crippen LogP contribution in [0, 0.1) is 23.2 Å². The summed E-state index contributed by atoms with van der Waals surface area (Å²) in [5.41, 5.74) is 1.84. The van der Waals surface area contributed by atoms with Gasteiger partial charge in [-0.3, -0.25) is 9.59 Å². The zero-order chi connectivity index (χ0) is 32.0. The Kier molecular flexibility index (Phi) is 10.8. The lowest BCUT2D eigenvalue weighted by Crippen LogP contribution is -2.66. The van der Waals surface area contributed by atoms with E-state index in [0.29, 0.717) is 34.8 Å². The third kappa shape index (κ3) is 7.66. The molecular weight excluding hydrogens is 601 g/mol. The molecule has 11 heteroatoms. The van der Waals surface area contributed by atoms with Gasteiger partial charge >= 0.3 is 6.09 Å². The fourth-order valence-electron chi connectivity index (χ4n) is 5.65. The number of H-pyrrole nitrogens is 1. The van der Waals surface area contributed by atoms with Crippen molar-refractivity contribution < 1.29 is 19.1 Å². The number of amides is 3. The van der Waals surface area contributed by atoms with E-state index in [4.69, 9.17) is 27.9 Å². The van der Waals surface area contributed by atoms with Gasteiger partial charge in [0.1, 0.15) is 24.2 Å². The van der Waals surface area contributed by atoms with Gasteiger partial charge in [0.25, 0.3) is 0 Å². The average Bonchev–Trinajstić information content (AvgIpc) is 3.36. The minimum Gasteiger partial charge on any atom is -0.445 e. The van der Waals surface area contributed by atoms with Crippen LogP contribution in [-0.2, 0) is 33.8 Å². The van der Waals surface area contributed by atoms with E-state index in [2.05, 4.69) is 27.0 Å². The molecule has 1 heterocycles. The summed E-state index contributed by atoms with van der Waals surface area (Å²) in [6.45, 7) is 7.76. The number of carbonyl (C=O) groups excluding carboxylic acids is 3. The van der Waals surface area contributed by atoms with E-state index in [0.717, 1.165) is 22.2 Å². The number of nitrogens with zero attached hydrogens (tertiary/aromatic N) is 1. The van der Waals surface area contributed by atoms with Crippen LogP contribution in [0.25, 0.3) is 10.9 Å². The quantitative estimate of drug-likeness (QED) is 0.198. The summed E-state index contributed by atoms with van der Waals surface area (Å²) in [4.78, 5) is 44.3. The Balaban J connectivity index is 1.64. The third-order valence-corrected chi connectivity index (χ3v) is 8.76. The zero-order valence-corrected chi connectivity index (χ0v) is 26.9. The smallest absolute Gasteiger partial charge is 0.408 e. The molecule has 2 aromatic carbocycles. The molecule has 3 amide bonds. The summed E-state index contributed by atoms with van der Waals surface area (Å²) in [6.07, 6.45) is 1.16. The largest absolute Gasteiger partial charge is 0.445 e. The highest BCUT2D eigenvalue weighted by Crippen LogP contribution is 2.38. The number of aromatic nitrogens is 1. The number of aryl methyl sites for hydroxylation is 1. The summed E-state index contributed by atoms with van der Waals surface area (Å²) in [6, 6.07) is 13.2. The second kappa shape index (κ2) is 14.4. The molecule has 1 unspecified atom stereocenters. The van der Waals surface area contributed by atoms with Crippen LogP contribution in [0.1, 0.15) is 63.8 Å². The van der Waals surface area contributed by atoms with Gasteiger partial charge in [-0.2, -0.15) is 5.26 Å². The van der Waals surface area contributed by atoms with Crippen LogP contribution in [0.3, 0.4) is 0 Å². The molecule has 4 atom stereocenters. The van der Waals surface area contributed by atoms with E-state index in [9.17, 15) is 19.6 Å². The summed E-state index contributed by atoms with van der Waals surface area (Å²) < 4.78 is 5.40. The van der Waals surface area contributed by atoms with E-state index in [1.54, 1.807) is 12.1 Å². The molecule has 0 radical (unpaired) electrons. The molecular formula is C33H39Cl2N5O4. The molecule has 0 spiro atoms. The molecule has 3 aromatic rings. The van der Waals surface area contributed by atoms with Crippen molar-refractivity contribution in [3.8, 4) is 6.07 Å². The lowest BCUT2D eigenvalue weighted by Gasteiger charge is -2.39. The number of alkyl carbamates (subject to hydrolysis) is 1. The Morgan fingerprint density at radius 1 is 1.11 bits per heavy atom. The molecule has 9 nitrogen and oxygen atoms in total. The van der Waals surface area contributed by atoms with Gasteiger partial charge in [0.15, 0.2) is 0 Å². The Labute approximate surface area is 268 Å². The second-order valence-corrected chi connectivity index (χ2v) is 12.8. The Bertz CT molecular complexity index is 1550. The van der Waals surface area contributed by atoms with Crippen LogP contribution < -0.4 is 16.0 Å². The van der Waals surface area contributed by atoms with E-state index >= 15 is 0 Å². The molecule has 0 aliphatic heterocycles. The number of ether oxygens (including phenoxy) is 1. The number of halogens is 2. The minimum absolute atomic E-state index is 0.0493. The van der Waals surface area contributed by atoms with Gasteiger partial charge < -0.3 is 25.7 Å². The molecule has 44 heavy (non-hydrogen) atoms. The van der Waals surface area contributed by atoms with Crippen LogP contribution in [-0.4, -0.2) is 40.5 Å². The number of aromatic amines is 1. The van der Waals surface area contributed by atoms with E-state index in [1.807, 2.05) is 58.0 Å². The van der Waals surface area contributed by atoms with Gasteiger partial charge in [0.05, 0.1) is 16.6 Å². The molecule has 0 saturated carbocycles. The molecule has 1 aliphatic rings. The molecule has 4 N–H and O–H groups in total. The maximum Gasteiger partial charge on any atom is 0.408 e. The predicted octanol–water partition coefficient (Wildman–Crippen LogP) is 6.21. The maximum atomic E-state index is 14.1. The average molecular weight is 641 g/mol. The summed E-state index contributed by atoms with van der Waals surface area (Å²) in [7, 11) is 0. The first-order valence-electron chi connectivity index (χ1n) is 14.9. The van der Waals surface area contributed by atoms with Crippen LogP contribution in [0.4, 0.5) is 4.79 Å². The lowest BCUT2D eigenvalue weighted by atomic mass is 9.78. The van der Waals surface area contributed by atoms with Crippen molar-refractivity contribution >= 4 is 52.0 Å². The van der Waals surface area contributed by atoms with Crippen molar-refractivity contribution in [1.82, 2.24) is 20.9 Å². The molecule has 1 aliphatic carbocycles.